The van der Waals surface area contributed by atoms with Crippen LogP contribution in [0.1, 0.15) is 0 Å². The molecular formula is C15H20N2O. The molecule has 2 aliphatic rings. The molecule has 0 aromatic heterocycles. The molecule has 0 bridgehead atoms. The quantitative estimate of drug-likeness (QED) is 0.696. The fraction of sp³-hybridized carbons (Fsp3) is 0.467. The maximum atomic E-state index is 5.33. The van der Waals surface area contributed by atoms with Crippen molar-refractivity contribution in [1.82, 2.24) is 9.80 Å². The van der Waals surface area contributed by atoms with E-state index >= 15 is 0 Å². The molecule has 0 radical (unpaired) electrons. The second-order valence-electron chi connectivity index (χ2n) is 5.44. The summed E-state index contributed by atoms with van der Waals surface area (Å²) >= 11 is 0. The molecule has 1 unspecified atom stereocenters. The number of likely N-dealkylation sites (tertiary alicyclic amines) is 1. The molecule has 18 heavy (non-hydrogen) atoms. The van der Waals surface area contributed by atoms with Gasteiger partial charge in [-0.3, -0.25) is 0 Å². The monoisotopic (exact) mass is 244 g/mol. The molecule has 0 spiro atoms. The van der Waals surface area contributed by atoms with Crippen LogP contribution in [0, 0.1) is 5.92 Å². The second kappa shape index (κ2) is 4.32. The van der Waals surface area contributed by atoms with Gasteiger partial charge in [-0.1, -0.05) is 6.07 Å². The van der Waals surface area contributed by atoms with Crippen molar-refractivity contribution >= 4 is 11.8 Å². The van der Waals surface area contributed by atoms with Crippen LogP contribution in [0.4, 0.5) is 0 Å². The number of ether oxygens (including phenoxy) is 1. The highest BCUT2D eigenvalue weighted by molar-refractivity contribution is 5.55. The molecule has 0 N–H and O–H groups in total. The number of fused-ring (bicyclic) bond motifs is 2. The molecule has 1 fully saturated rings. The van der Waals surface area contributed by atoms with E-state index in [4.69, 9.17) is 4.74 Å². The number of hydrogen-bond acceptors (Lipinski definition) is 3. The average Bonchev–Trinajstić information content (AvgIpc) is 2.63. The summed E-state index contributed by atoms with van der Waals surface area (Å²) in [6.07, 6.45) is 2.24. The van der Waals surface area contributed by atoms with Gasteiger partial charge in [0, 0.05) is 44.0 Å². The van der Waals surface area contributed by atoms with E-state index in [-0.39, 0.29) is 0 Å². The van der Waals surface area contributed by atoms with Crippen molar-refractivity contribution in [3.63, 3.8) is 0 Å². The van der Waals surface area contributed by atoms with Crippen LogP contribution in [0.3, 0.4) is 0 Å². The molecule has 2 heterocycles. The van der Waals surface area contributed by atoms with Crippen LogP contribution in [0.2, 0.25) is 0 Å². The lowest BCUT2D eigenvalue weighted by Crippen LogP contribution is -2.28. The largest absolute Gasteiger partial charge is 0.497 e. The highest BCUT2D eigenvalue weighted by Crippen LogP contribution is 2.23. The molecule has 1 aromatic rings. The Hall–Kier alpha value is -1.48. The van der Waals surface area contributed by atoms with E-state index in [1.165, 1.54) is 17.0 Å². The zero-order valence-electron chi connectivity index (χ0n) is 11.3. The summed E-state index contributed by atoms with van der Waals surface area (Å²) in [5.74, 6) is 1.59. The minimum absolute atomic E-state index is 0.658. The third kappa shape index (κ3) is 1.89. The molecular weight excluding hydrogens is 224 g/mol. The zero-order chi connectivity index (χ0) is 12.7. The summed E-state index contributed by atoms with van der Waals surface area (Å²) in [4.78, 5) is 4.71. The first kappa shape index (κ1) is 11.6. The number of methoxy groups -OCH3 is 1. The Morgan fingerprint density at radius 2 is 2.06 bits per heavy atom. The number of rotatable bonds is 1. The molecule has 0 amide bonds. The predicted molar refractivity (Wildman–Crippen MR) is 73.7 cm³/mol. The maximum absolute atomic E-state index is 5.33. The van der Waals surface area contributed by atoms with Gasteiger partial charge in [0.1, 0.15) is 5.75 Å². The lowest BCUT2D eigenvalue weighted by atomic mass is 10.00. The minimum atomic E-state index is 0.658. The first-order valence-electron chi connectivity index (χ1n) is 6.45. The Kier molecular flexibility index (Phi) is 2.78. The van der Waals surface area contributed by atoms with E-state index in [1.807, 2.05) is 0 Å². The van der Waals surface area contributed by atoms with Gasteiger partial charge in [-0.05, 0) is 30.0 Å². The fourth-order valence-corrected chi connectivity index (χ4v) is 3.15. The Balaban J connectivity index is 2.26. The highest BCUT2D eigenvalue weighted by Gasteiger charge is 2.27. The molecule has 3 heteroatoms. The molecule has 3 rings (SSSR count). The Labute approximate surface area is 108 Å². The van der Waals surface area contributed by atoms with Gasteiger partial charge in [-0.15, -0.1) is 0 Å². The van der Waals surface area contributed by atoms with E-state index in [0.29, 0.717) is 5.92 Å². The Morgan fingerprint density at radius 3 is 2.83 bits per heavy atom. The molecule has 0 aliphatic carbocycles. The predicted octanol–water partition coefficient (Wildman–Crippen LogP) is 0.0909. The van der Waals surface area contributed by atoms with E-state index in [2.05, 4.69) is 48.3 Å². The van der Waals surface area contributed by atoms with Crippen molar-refractivity contribution in [2.75, 3.05) is 40.8 Å². The normalized spacial score (nSPS) is 23.2. The molecule has 2 aliphatic heterocycles. The second-order valence-corrected chi connectivity index (χ2v) is 5.44. The minimum Gasteiger partial charge on any atom is -0.497 e. The van der Waals surface area contributed by atoms with E-state index in [0.717, 1.165) is 18.8 Å². The molecule has 1 atom stereocenters. The summed E-state index contributed by atoms with van der Waals surface area (Å²) in [6, 6.07) is 6.42. The average molecular weight is 244 g/mol. The van der Waals surface area contributed by atoms with Gasteiger partial charge in [-0.2, -0.15) is 0 Å². The summed E-state index contributed by atoms with van der Waals surface area (Å²) in [5.41, 5.74) is 1.58. The van der Waals surface area contributed by atoms with Gasteiger partial charge in [0.2, 0.25) is 0 Å². The highest BCUT2D eigenvalue weighted by atomic mass is 16.5. The van der Waals surface area contributed by atoms with E-state index in [1.54, 1.807) is 12.7 Å². The standard InChI is InChI=1S/C15H20N2O/c1-16-7-11-6-13(18-3)4-5-14(11)15-10-17(2)9-12(15)8-16/h4-7,12H,8-10H2,1-3H3. The smallest absolute Gasteiger partial charge is 0.119 e. The van der Waals surface area contributed by atoms with Crippen molar-refractivity contribution in [3.8, 4) is 5.75 Å². The first-order valence-corrected chi connectivity index (χ1v) is 6.45. The molecule has 0 saturated carbocycles. The maximum Gasteiger partial charge on any atom is 0.119 e. The van der Waals surface area contributed by atoms with Crippen LogP contribution in [0.15, 0.2) is 18.2 Å². The molecule has 1 aromatic carbocycles. The van der Waals surface area contributed by atoms with Gasteiger partial charge in [0.25, 0.3) is 0 Å². The summed E-state index contributed by atoms with van der Waals surface area (Å²) in [6.45, 7) is 3.36. The van der Waals surface area contributed by atoms with Crippen molar-refractivity contribution < 1.29 is 4.74 Å². The topological polar surface area (TPSA) is 15.7 Å². The lowest BCUT2D eigenvalue weighted by Gasteiger charge is -2.18. The summed E-state index contributed by atoms with van der Waals surface area (Å²) in [5, 5.41) is 2.68. The Morgan fingerprint density at radius 1 is 1.22 bits per heavy atom. The zero-order valence-corrected chi connectivity index (χ0v) is 11.3. The fourth-order valence-electron chi connectivity index (χ4n) is 3.15. The van der Waals surface area contributed by atoms with Crippen molar-refractivity contribution in [1.29, 1.82) is 0 Å². The van der Waals surface area contributed by atoms with Crippen LogP contribution in [-0.4, -0.2) is 50.6 Å². The molecule has 96 valence electrons. The van der Waals surface area contributed by atoms with Crippen LogP contribution in [0.5, 0.6) is 5.75 Å². The van der Waals surface area contributed by atoms with Crippen LogP contribution in [0.25, 0.3) is 11.8 Å². The van der Waals surface area contributed by atoms with Crippen molar-refractivity contribution in [2.45, 2.75) is 0 Å². The van der Waals surface area contributed by atoms with Gasteiger partial charge < -0.3 is 14.5 Å². The van der Waals surface area contributed by atoms with E-state index < -0.39 is 0 Å². The van der Waals surface area contributed by atoms with Crippen LogP contribution >= 0.6 is 0 Å². The van der Waals surface area contributed by atoms with E-state index in [9.17, 15) is 0 Å². The van der Waals surface area contributed by atoms with Crippen LogP contribution < -0.4 is 15.2 Å². The van der Waals surface area contributed by atoms with Gasteiger partial charge >= 0.3 is 0 Å². The molecule has 1 saturated heterocycles. The molecule has 3 nitrogen and oxygen atoms in total. The van der Waals surface area contributed by atoms with Gasteiger partial charge in [0.15, 0.2) is 0 Å². The third-order valence-electron chi connectivity index (χ3n) is 3.94. The lowest BCUT2D eigenvalue weighted by molar-refractivity contribution is 0.358. The number of nitrogens with zero attached hydrogens (tertiary/aromatic N) is 2. The number of benzene rings is 1. The van der Waals surface area contributed by atoms with Gasteiger partial charge in [0.05, 0.1) is 7.11 Å². The van der Waals surface area contributed by atoms with Crippen LogP contribution in [-0.2, 0) is 0 Å². The summed E-state index contributed by atoms with van der Waals surface area (Å²) in [7, 11) is 6.08. The number of hydrogen-bond donors (Lipinski definition) is 0. The van der Waals surface area contributed by atoms with Crippen molar-refractivity contribution in [3.05, 3.63) is 28.6 Å². The third-order valence-corrected chi connectivity index (χ3v) is 3.94. The summed E-state index contributed by atoms with van der Waals surface area (Å²) < 4.78 is 5.33. The first-order chi connectivity index (χ1) is 8.67. The Bertz CT molecular complexity index is 579. The van der Waals surface area contributed by atoms with Gasteiger partial charge in [-0.25, -0.2) is 0 Å². The SMILES string of the molecule is COc1ccc2c(c1)=CN(C)CC1CN(C)CC=21. The van der Waals surface area contributed by atoms with Crippen molar-refractivity contribution in [2.24, 2.45) is 5.92 Å².